The lowest BCUT2D eigenvalue weighted by Crippen LogP contribution is -2.31. The predicted octanol–water partition coefficient (Wildman–Crippen LogP) is 0.761. The van der Waals surface area contributed by atoms with Crippen molar-refractivity contribution in [2.75, 3.05) is 38.0 Å². The molecule has 0 spiro atoms. The zero-order valence-electron chi connectivity index (χ0n) is 11.0. The lowest BCUT2D eigenvalue weighted by atomic mass is 10.3. The van der Waals surface area contributed by atoms with Crippen molar-refractivity contribution in [3.8, 4) is 5.88 Å². The van der Waals surface area contributed by atoms with Crippen LogP contribution >= 0.6 is 11.6 Å². The molecule has 1 aromatic heterocycles. The third-order valence-electron chi connectivity index (χ3n) is 2.96. The van der Waals surface area contributed by atoms with E-state index in [1.54, 1.807) is 17.3 Å². The number of amides is 1. The molecule has 19 heavy (non-hydrogen) atoms. The molecule has 1 aliphatic rings. The summed E-state index contributed by atoms with van der Waals surface area (Å²) >= 11 is 5.54. The van der Waals surface area contributed by atoms with Gasteiger partial charge < -0.3 is 14.5 Å². The van der Waals surface area contributed by atoms with E-state index in [9.17, 15) is 4.79 Å². The first-order valence-electron chi connectivity index (χ1n) is 6.10. The molecule has 0 bridgehead atoms. The van der Waals surface area contributed by atoms with E-state index < -0.39 is 0 Å². The van der Waals surface area contributed by atoms with E-state index in [1.807, 2.05) is 19.0 Å². The summed E-state index contributed by atoms with van der Waals surface area (Å²) in [5, 5.41) is 0. The standard InChI is InChI=1S/C12H17ClN4O2/c1-16(2)10-6-14-7-11(15-10)19-9-3-4-17(8-9)12(18)5-13/h6-7,9H,3-5,8H2,1-2H3. The monoisotopic (exact) mass is 284 g/mol. The van der Waals surface area contributed by atoms with Gasteiger partial charge in [0.25, 0.3) is 0 Å². The van der Waals surface area contributed by atoms with Crippen LogP contribution in [0.1, 0.15) is 6.42 Å². The van der Waals surface area contributed by atoms with Gasteiger partial charge in [0.1, 0.15) is 12.0 Å². The van der Waals surface area contributed by atoms with Crippen molar-refractivity contribution in [2.24, 2.45) is 0 Å². The fourth-order valence-electron chi connectivity index (χ4n) is 1.92. The Labute approximate surface area is 117 Å². The normalized spacial score (nSPS) is 18.5. The van der Waals surface area contributed by atoms with Gasteiger partial charge in [-0.05, 0) is 0 Å². The fourth-order valence-corrected chi connectivity index (χ4v) is 2.09. The highest BCUT2D eigenvalue weighted by atomic mass is 35.5. The molecule has 0 saturated carbocycles. The van der Waals surface area contributed by atoms with Crippen molar-refractivity contribution >= 4 is 23.3 Å². The Morgan fingerprint density at radius 3 is 3.05 bits per heavy atom. The lowest BCUT2D eigenvalue weighted by molar-refractivity contribution is -0.127. The van der Waals surface area contributed by atoms with E-state index in [-0.39, 0.29) is 17.9 Å². The van der Waals surface area contributed by atoms with E-state index in [2.05, 4.69) is 9.97 Å². The summed E-state index contributed by atoms with van der Waals surface area (Å²) in [5.41, 5.74) is 0. The molecule has 2 rings (SSSR count). The van der Waals surface area contributed by atoms with Crippen LogP contribution in [-0.4, -0.2) is 59.9 Å². The molecule has 0 radical (unpaired) electrons. The Morgan fingerprint density at radius 2 is 2.37 bits per heavy atom. The van der Waals surface area contributed by atoms with Gasteiger partial charge in [-0.3, -0.25) is 9.78 Å². The first kappa shape index (κ1) is 13.9. The maximum Gasteiger partial charge on any atom is 0.237 e. The Kier molecular flexibility index (Phi) is 4.42. The molecule has 0 aromatic carbocycles. The van der Waals surface area contributed by atoms with Crippen molar-refractivity contribution < 1.29 is 9.53 Å². The van der Waals surface area contributed by atoms with Gasteiger partial charge in [0.05, 0.1) is 18.9 Å². The van der Waals surface area contributed by atoms with E-state index in [0.717, 1.165) is 12.2 Å². The number of alkyl halides is 1. The SMILES string of the molecule is CN(C)c1cncc(OC2CCN(C(=O)CCl)C2)n1. The molecule has 1 amide bonds. The Hall–Kier alpha value is -1.56. The van der Waals surface area contributed by atoms with Crippen LogP contribution in [0.15, 0.2) is 12.4 Å². The summed E-state index contributed by atoms with van der Waals surface area (Å²) in [4.78, 5) is 23.5. The van der Waals surface area contributed by atoms with Crippen LogP contribution in [0.3, 0.4) is 0 Å². The number of likely N-dealkylation sites (tertiary alicyclic amines) is 1. The summed E-state index contributed by atoms with van der Waals surface area (Å²) < 4.78 is 5.75. The number of aromatic nitrogens is 2. The third-order valence-corrected chi connectivity index (χ3v) is 3.19. The van der Waals surface area contributed by atoms with Gasteiger partial charge in [0.15, 0.2) is 5.82 Å². The molecule has 1 unspecified atom stereocenters. The van der Waals surface area contributed by atoms with Crippen molar-refractivity contribution in [1.29, 1.82) is 0 Å². The fraction of sp³-hybridized carbons (Fsp3) is 0.583. The van der Waals surface area contributed by atoms with E-state index in [0.29, 0.717) is 19.0 Å². The summed E-state index contributed by atoms with van der Waals surface area (Å²) in [7, 11) is 3.79. The Morgan fingerprint density at radius 1 is 1.58 bits per heavy atom. The summed E-state index contributed by atoms with van der Waals surface area (Å²) in [6, 6.07) is 0. The molecule has 104 valence electrons. The van der Waals surface area contributed by atoms with Crippen molar-refractivity contribution in [2.45, 2.75) is 12.5 Å². The average molecular weight is 285 g/mol. The highest BCUT2D eigenvalue weighted by molar-refractivity contribution is 6.27. The molecule has 0 aliphatic carbocycles. The highest BCUT2D eigenvalue weighted by Crippen LogP contribution is 2.18. The maximum atomic E-state index is 11.5. The number of hydrogen-bond donors (Lipinski definition) is 0. The lowest BCUT2D eigenvalue weighted by Gasteiger charge is -2.16. The number of halogens is 1. The Balaban J connectivity index is 1.95. The second-order valence-corrected chi connectivity index (χ2v) is 4.88. The maximum absolute atomic E-state index is 11.5. The quantitative estimate of drug-likeness (QED) is 0.764. The first-order valence-corrected chi connectivity index (χ1v) is 6.63. The van der Waals surface area contributed by atoms with E-state index in [4.69, 9.17) is 16.3 Å². The molecule has 1 aliphatic heterocycles. The minimum absolute atomic E-state index is 0.0165. The van der Waals surface area contributed by atoms with Crippen molar-refractivity contribution in [3.63, 3.8) is 0 Å². The largest absolute Gasteiger partial charge is 0.471 e. The predicted molar refractivity (Wildman–Crippen MR) is 72.7 cm³/mol. The summed E-state index contributed by atoms with van der Waals surface area (Å²) in [5.74, 6) is 1.18. The highest BCUT2D eigenvalue weighted by Gasteiger charge is 2.27. The van der Waals surface area contributed by atoms with Gasteiger partial charge >= 0.3 is 0 Å². The zero-order chi connectivity index (χ0) is 13.8. The van der Waals surface area contributed by atoms with Gasteiger partial charge in [-0.2, -0.15) is 4.98 Å². The van der Waals surface area contributed by atoms with Crippen molar-refractivity contribution in [1.82, 2.24) is 14.9 Å². The minimum Gasteiger partial charge on any atom is -0.471 e. The van der Waals surface area contributed by atoms with Gasteiger partial charge in [-0.25, -0.2) is 0 Å². The molecule has 1 saturated heterocycles. The van der Waals surface area contributed by atoms with Crippen LogP contribution in [0.4, 0.5) is 5.82 Å². The van der Waals surface area contributed by atoms with Crippen molar-refractivity contribution in [3.05, 3.63) is 12.4 Å². The molecular weight excluding hydrogens is 268 g/mol. The zero-order valence-corrected chi connectivity index (χ0v) is 11.8. The van der Waals surface area contributed by atoms with E-state index >= 15 is 0 Å². The Bertz CT molecular complexity index is 455. The molecule has 7 heteroatoms. The minimum atomic E-state index is -0.0547. The second kappa shape index (κ2) is 6.06. The van der Waals surface area contributed by atoms with Gasteiger partial charge in [0, 0.05) is 27.1 Å². The van der Waals surface area contributed by atoms with Crippen LogP contribution < -0.4 is 9.64 Å². The average Bonchev–Trinajstić information content (AvgIpc) is 2.86. The molecule has 1 atom stereocenters. The van der Waals surface area contributed by atoms with Crippen LogP contribution in [0.2, 0.25) is 0 Å². The van der Waals surface area contributed by atoms with Gasteiger partial charge in [0.2, 0.25) is 11.8 Å². The van der Waals surface area contributed by atoms with Gasteiger partial charge in [-0.15, -0.1) is 11.6 Å². The second-order valence-electron chi connectivity index (χ2n) is 4.61. The number of ether oxygens (including phenoxy) is 1. The molecule has 0 N–H and O–H groups in total. The molecule has 6 nitrogen and oxygen atoms in total. The molecule has 1 aromatic rings. The van der Waals surface area contributed by atoms with Crippen LogP contribution in [0.25, 0.3) is 0 Å². The number of hydrogen-bond acceptors (Lipinski definition) is 5. The number of carbonyl (C=O) groups is 1. The topological polar surface area (TPSA) is 58.6 Å². The van der Waals surface area contributed by atoms with E-state index in [1.165, 1.54) is 0 Å². The van der Waals surface area contributed by atoms with Crippen LogP contribution in [0.5, 0.6) is 5.88 Å². The number of carbonyl (C=O) groups excluding carboxylic acids is 1. The van der Waals surface area contributed by atoms with Crippen LogP contribution in [-0.2, 0) is 4.79 Å². The summed E-state index contributed by atoms with van der Waals surface area (Å²) in [6.07, 6.45) is 4.00. The number of rotatable bonds is 4. The molecule has 2 heterocycles. The summed E-state index contributed by atoms with van der Waals surface area (Å²) in [6.45, 7) is 1.23. The molecule has 1 fully saturated rings. The number of anilines is 1. The number of nitrogens with zero attached hydrogens (tertiary/aromatic N) is 4. The molecular formula is C12H17ClN4O2. The third kappa shape index (κ3) is 3.47. The van der Waals surface area contributed by atoms with Crippen LogP contribution in [0, 0.1) is 0 Å². The first-order chi connectivity index (χ1) is 9.10. The smallest absolute Gasteiger partial charge is 0.237 e. The van der Waals surface area contributed by atoms with Gasteiger partial charge in [-0.1, -0.05) is 0 Å².